The standard InChI is InChI=1S/C23H22O7S/c1-28-19-8-3-4-9-20(19)31-13-16-11-18(25)22(27)23(30-16)17(12-21(26)29-2)14-6-5-7-15(24)10-14/h3-11,17,24,27H,12-13H2,1-2H3/t17-/m0/s1. The molecule has 1 atom stereocenters. The summed E-state index contributed by atoms with van der Waals surface area (Å²) in [5.74, 6) is -0.707. The van der Waals surface area contributed by atoms with Gasteiger partial charge in [-0.15, -0.1) is 11.8 Å². The van der Waals surface area contributed by atoms with Crippen molar-refractivity contribution in [3.05, 3.63) is 81.9 Å². The number of benzene rings is 2. The Morgan fingerprint density at radius 1 is 1.10 bits per heavy atom. The zero-order chi connectivity index (χ0) is 22.4. The van der Waals surface area contributed by atoms with Crippen molar-refractivity contribution in [2.24, 2.45) is 0 Å². The number of phenolic OH excluding ortho intramolecular Hbond substituents is 1. The van der Waals surface area contributed by atoms with Crippen molar-refractivity contribution < 1.29 is 28.9 Å². The molecule has 0 fully saturated rings. The Hall–Kier alpha value is -3.39. The fourth-order valence-electron chi connectivity index (χ4n) is 3.10. The quantitative estimate of drug-likeness (QED) is 0.398. The summed E-state index contributed by atoms with van der Waals surface area (Å²) >= 11 is 1.41. The average Bonchev–Trinajstić information content (AvgIpc) is 2.78. The zero-order valence-corrected chi connectivity index (χ0v) is 17.8. The largest absolute Gasteiger partial charge is 0.508 e. The maximum atomic E-state index is 12.4. The molecule has 0 spiro atoms. The van der Waals surface area contributed by atoms with Gasteiger partial charge in [0, 0.05) is 11.0 Å². The first kappa shape index (κ1) is 22.3. The number of rotatable bonds is 8. The normalized spacial score (nSPS) is 11.7. The van der Waals surface area contributed by atoms with Gasteiger partial charge >= 0.3 is 5.97 Å². The van der Waals surface area contributed by atoms with Gasteiger partial charge in [0.15, 0.2) is 5.76 Å². The summed E-state index contributed by atoms with van der Waals surface area (Å²) in [5.41, 5.74) is -0.120. The number of carbonyl (C=O) groups is 1. The molecule has 3 rings (SSSR count). The molecule has 0 aliphatic carbocycles. The molecule has 1 heterocycles. The van der Waals surface area contributed by atoms with Crippen molar-refractivity contribution in [2.45, 2.75) is 23.0 Å². The van der Waals surface area contributed by atoms with Crippen LogP contribution in [0.15, 0.2) is 68.7 Å². The first-order valence-corrected chi connectivity index (χ1v) is 10.4. The first-order valence-electron chi connectivity index (χ1n) is 9.40. The van der Waals surface area contributed by atoms with Crippen LogP contribution in [0.5, 0.6) is 17.2 Å². The monoisotopic (exact) mass is 442 g/mol. The van der Waals surface area contributed by atoms with Crippen molar-refractivity contribution >= 4 is 17.7 Å². The molecule has 1 aromatic heterocycles. The lowest BCUT2D eigenvalue weighted by molar-refractivity contribution is -0.140. The van der Waals surface area contributed by atoms with E-state index in [-0.39, 0.29) is 17.9 Å². The number of aromatic hydroxyl groups is 2. The second-order valence-electron chi connectivity index (χ2n) is 6.66. The summed E-state index contributed by atoms with van der Waals surface area (Å²) < 4.78 is 16.0. The predicted octanol–water partition coefficient (Wildman–Crippen LogP) is 4.05. The van der Waals surface area contributed by atoms with E-state index in [0.717, 1.165) is 4.90 Å². The summed E-state index contributed by atoms with van der Waals surface area (Å²) in [6.07, 6.45) is -0.181. The number of ether oxygens (including phenoxy) is 2. The van der Waals surface area contributed by atoms with E-state index in [9.17, 15) is 19.8 Å². The Morgan fingerprint density at radius 2 is 1.87 bits per heavy atom. The van der Waals surface area contributed by atoms with E-state index in [1.165, 1.54) is 37.1 Å². The van der Waals surface area contributed by atoms with Crippen LogP contribution >= 0.6 is 11.8 Å². The highest BCUT2D eigenvalue weighted by atomic mass is 32.2. The van der Waals surface area contributed by atoms with Gasteiger partial charge in [-0.05, 0) is 29.8 Å². The highest BCUT2D eigenvalue weighted by Crippen LogP contribution is 2.36. The van der Waals surface area contributed by atoms with Gasteiger partial charge in [-0.1, -0.05) is 24.3 Å². The molecular formula is C23H22O7S. The van der Waals surface area contributed by atoms with Crippen molar-refractivity contribution in [3.63, 3.8) is 0 Å². The van der Waals surface area contributed by atoms with Gasteiger partial charge in [-0.25, -0.2) is 0 Å². The van der Waals surface area contributed by atoms with Gasteiger partial charge in [0.05, 0.1) is 32.3 Å². The van der Waals surface area contributed by atoms with Crippen LogP contribution < -0.4 is 10.2 Å². The smallest absolute Gasteiger partial charge is 0.306 e. The predicted molar refractivity (Wildman–Crippen MR) is 116 cm³/mol. The van der Waals surface area contributed by atoms with Crippen molar-refractivity contribution in [1.29, 1.82) is 0 Å². The molecule has 162 valence electrons. The Labute approximate surface area is 183 Å². The highest BCUT2D eigenvalue weighted by Gasteiger charge is 2.27. The molecule has 0 saturated carbocycles. The molecule has 0 radical (unpaired) electrons. The number of carbonyl (C=O) groups excluding carboxylic acids is 1. The van der Waals surface area contributed by atoms with E-state index in [2.05, 4.69) is 0 Å². The maximum absolute atomic E-state index is 12.4. The molecule has 0 aliphatic heterocycles. The van der Waals surface area contributed by atoms with Gasteiger partial charge in [0.2, 0.25) is 11.2 Å². The van der Waals surface area contributed by atoms with Crippen molar-refractivity contribution in [3.8, 4) is 17.2 Å². The second kappa shape index (κ2) is 10.1. The Bertz CT molecular complexity index is 1120. The van der Waals surface area contributed by atoms with Crippen LogP contribution in [0.1, 0.15) is 29.4 Å². The fourth-order valence-corrected chi connectivity index (χ4v) is 4.01. The van der Waals surface area contributed by atoms with Gasteiger partial charge in [0.1, 0.15) is 17.3 Å². The van der Waals surface area contributed by atoms with Gasteiger partial charge in [-0.3, -0.25) is 9.59 Å². The molecule has 0 aliphatic rings. The van der Waals surface area contributed by atoms with E-state index in [4.69, 9.17) is 13.9 Å². The Kier molecular flexibility index (Phi) is 7.25. The van der Waals surface area contributed by atoms with Crippen LogP contribution in [0.25, 0.3) is 0 Å². The van der Waals surface area contributed by atoms with E-state index in [1.54, 1.807) is 19.2 Å². The number of hydrogen-bond donors (Lipinski definition) is 2. The molecule has 3 aromatic rings. The van der Waals surface area contributed by atoms with E-state index < -0.39 is 23.1 Å². The van der Waals surface area contributed by atoms with Crippen LogP contribution in [0, 0.1) is 0 Å². The van der Waals surface area contributed by atoms with E-state index in [0.29, 0.717) is 22.8 Å². The fraction of sp³-hybridized carbons (Fsp3) is 0.217. The van der Waals surface area contributed by atoms with Crippen molar-refractivity contribution in [1.82, 2.24) is 0 Å². The number of para-hydroxylation sites is 1. The lowest BCUT2D eigenvalue weighted by Gasteiger charge is -2.17. The first-order chi connectivity index (χ1) is 14.9. The van der Waals surface area contributed by atoms with Crippen LogP contribution in [-0.4, -0.2) is 30.4 Å². The lowest BCUT2D eigenvalue weighted by Crippen LogP contribution is -2.14. The minimum Gasteiger partial charge on any atom is -0.508 e. The summed E-state index contributed by atoms with van der Waals surface area (Å²) in [5, 5.41) is 20.3. The van der Waals surface area contributed by atoms with E-state index in [1.807, 2.05) is 24.3 Å². The molecular weight excluding hydrogens is 420 g/mol. The summed E-state index contributed by atoms with van der Waals surface area (Å²) in [6.45, 7) is 0. The molecule has 0 amide bonds. The molecule has 0 unspecified atom stereocenters. The van der Waals surface area contributed by atoms with Gasteiger partial charge in [0.25, 0.3) is 0 Å². The van der Waals surface area contributed by atoms with Crippen molar-refractivity contribution in [2.75, 3.05) is 14.2 Å². The molecule has 2 aromatic carbocycles. The topological polar surface area (TPSA) is 106 Å². The third kappa shape index (κ3) is 5.40. The minimum atomic E-state index is -0.816. The Balaban J connectivity index is 1.98. The van der Waals surface area contributed by atoms with E-state index >= 15 is 0 Å². The zero-order valence-electron chi connectivity index (χ0n) is 17.0. The van der Waals surface area contributed by atoms with Crippen LogP contribution in [0.4, 0.5) is 0 Å². The molecule has 8 heteroatoms. The summed E-state index contributed by atoms with van der Waals surface area (Å²) in [7, 11) is 2.82. The van der Waals surface area contributed by atoms with Crippen LogP contribution in [-0.2, 0) is 15.3 Å². The number of thioether (sulfide) groups is 1. The van der Waals surface area contributed by atoms with Crippen LogP contribution in [0.2, 0.25) is 0 Å². The molecule has 2 N–H and O–H groups in total. The third-order valence-corrected chi connectivity index (χ3v) is 5.70. The maximum Gasteiger partial charge on any atom is 0.306 e. The third-order valence-electron chi connectivity index (χ3n) is 4.63. The SMILES string of the molecule is COC(=O)C[C@@H](c1cccc(O)c1)c1oc(CSc2ccccc2OC)cc(=O)c1O. The molecule has 31 heavy (non-hydrogen) atoms. The lowest BCUT2D eigenvalue weighted by atomic mass is 9.92. The molecule has 7 nitrogen and oxygen atoms in total. The van der Waals surface area contributed by atoms with Gasteiger partial charge < -0.3 is 24.1 Å². The second-order valence-corrected chi connectivity index (χ2v) is 7.67. The average molecular weight is 442 g/mol. The molecule has 0 bridgehead atoms. The summed E-state index contributed by atoms with van der Waals surface area (Å²) in [6, 6.07) is 14.9. The highest BCUT2D eigenvalue weighted by molar-refractivity contribution is 7.98. The van der Waals surface area contributed by atoms with Crippen LogP contribution in [0.3, 0.4) is 0 Å². The molecule has 0 saturated heterocycles. The Morgan fingerprint density at radius 3 is 2.58 bits per heavy atom. The number of esters is 1. The number of methoxy groups -OCH3 is 2. The summed E-state index contributed by atoms with van der Waals surface area (Å²) in [4.78, 5) is 25.3. The minimum absolute atomic E-state index is 0.0166. The number of phenols is 1. The van der Waals surface area contributed by atoms with Gasteiger partial charge in [-0.2, -0.15) is 0 Å². The number of hydrogen-bond acceptors (Lipinski definition) is 8.